The molecule has 0 unspecified atom stereocenters. The summed E-state index contributed by atoms with van der Waals surface area (Å²) >= 11 is 0. The van der Waals surface area contributed by atoms with Gasteiger partial charge in [0.05, 0.1) is 22.7 Å². The minimum atomic E-state index is -3.92. The van der Waals surface area contributed by atoms with Gasteiger partial charge in [-0.3, -0.25) is 9.10 Å². The van der Waals surface area contributed by atoms with E-state index in [1.165, 1.54) is 0 Å². The lowest BCUT2D eigenvalue weighted by Gasteiger charge is -2.30. The molecule has 156 valence electrons. The molecule has 2 N–H and O–H groups in total. The molecule has 0 aliphatic heterocycles. The highest BCUT2D eigenvalue weighted by Gasteiger charge is 2.30. The van der Waals surface area contributed by atoms with Crippen molar-refractivity contribution in [1.29, 1.82) is 0 Å². The fourth-order valence-electron chi connectivity index (χ4n) is 3.53. The molecule has 1 amide bonds. The molecule has 2 aromatic carbocycles. The number of carbonyl (C=O) groups excluding carboxylic acids is 1. The maximum atomic E-state index is 13.3. The summed E-state index contributed by atoms with van der Waals surface area (Å²) in [6, 6.07) is 13.3. The maximum Gasteiger partial charge on any atom is 0.264 e. The van der Waals surface area contributed by atoms with Crippen LogP contribution < -0.4 is 9.62 Å². The zero-order valence-corrected chi connectivity index (χ0v) is 17.7. The van der Waals surface area contributed by atoms with Crippen LogP contribution in [-0.2, 0) is 14.8 Å². The van der Waals surface area contributed by atoms with Crippen LogP contribution in [0.25, 0.3) is 0 Å². The molecule has 29 heavy (non-hydrogen) atoms. The second-order valence-corrected chi connectivity index (χ2v) is 9.55. The third-order valence-electron chi connectivity index (χ3n) is 5.29. The number of benzene rings is 2. The number of amides is 1. The third kappa shape index (κ3) is 5.16. The molecule has 1 saturated carbocycles. The van der Waals surface area contributed by atoms with Crippen LogP contribution in [0.15, 0.2) is 53.4 Å². The van der Waals surface area contributed by atoms with Gasteiger partial charge >= 0.3 is 0 Å². The zero-order valence-electron chi connectivity index (χ0n) is 16.8. The Hall–Kier alpha value is -2.38. The van der Waals surface area contributed by atoms with Crippen molar-refractivity contribution in [2.24, 2.45) is 0 Å². The Labute approximate surface area is 172 Å². The van der Waals surface area contributed by atoms with E-state index >= 15 is 0 Å². The average Bonchev–Trinajstić information content (AvgIpc) is 2.69. The third-order valence-corrected chi connectivity index (χ3v) is 7.08. The van der Waals surface area contributed by atoms with Gasteiger partial charge < -0.3 is 10.4 Å². The van der Waals surface area contributed by atoms with Gasteiger partial charge in [-0.05, 0) is 51.0 Å². The van der Waals surface area contributed by atoms with Crippen molar-refractivity contribution < 1.29 is 18.3 Å². The van der Waals surface area contributed by atoms with Crippen LogP contribution in [0.4, 0.5) is 5.69 Å². The van der Waals surface area contributed by atoms with Crippen LogP contribution in [0.5, 0.6) is 0 Å². The first kappa shape index (κ1) is 21.3. The summed E-state index contributed by atoms with van der Waals surface area (Å²) in [6.45, 7) is 3.46. The molecule has 0 saturated heterocycles. The Morgan fingerprint density at radius 2 is 1.55 bits per heavy atom. The smallest absolute Gasteiger partial charge is 0.264 e. The quantitative estimate of drug-likeness (QED) is 0.758. The van der Waals surface area contributed by atoms with Crippen LogP contribution >= 0.6 is 0 Å². The van der Waals surface area contributed by atoms with Crippen molar-refractivity contribution in [3.05, 3.63) is 59.7 Å². The molecule has 1 aliphatic rings. The highest BCUT2D eigenvalue weighted by molar-refractivity contribution is 7.92. The van der Waals surface area contributed by atoms with E-state index in [1.54, 1.807) is 36.4 Å². The van der Waals surface area contributed by atoms with Crippen LogP contribution in [0.2, 0.25) is 0 Å². The minimum Gasteiger partial charge on any atom is -0.391 e. The normalized spacial score (nSPS) is 19.6. The number of hydrogen-bond donors (Lipinski definition) is 2. The van der Waals surface area contributed by atoms with E-state index in [1.807, 2.05) is 26.0 Å². The second kappa shape index (κ2) is 8.97. The molecule has 1 fully saturated rings. The molecule has 7 heteroatoms. The lowest BCUT2D eigenvalue weighted by atomic mass is 9.92. The van der Waals surface area contributed by atoms with Crippen molar-refractivity contribution in [2.75, 3.05) is 10.8 Å². The fourth-order valence-corrected chi connectivity index (χ4v) is 4.95. The Morgan fingerprint density at radius 1 is 1.00 bits per heavy atom. The summed E-state index contributed by atoms with van der Waals surface area (Å²) in [7, 11) is -3.92. The Kier molecular flexibility index (Phi) is 6.59. The topological polar surface area (TPSA) is 86.7 Å². The molecule has 0 bridgehead atoms. The highest BCUT2D eigenvalue weighted by atomic mass is 32.2. The van der Waals surface area contributed by atoms with Crippen LogP contribution in [0, 0.1) is 13.8 Å². The minimum absolute atomic E-state index is 0.133. The predicted octanol–water partition coefficient (Wildman–Crippen LogP) is 2.92. The summed E-state index contributed by atoms with van der Waals surface area (Å²) in [6.07, 6.45) is 2.63. The number of aliphatic hydroxyl groups excluding tert-OH is 1. The molecule has 6 nitrogen and oxygen atoms in total. The number of nitrogens with zero attached hydrogens (tertiary/aromatic N) is 1. The molecule has 0 spiro atoms. The van der Waals surface area contributed by atoms with Crippen molar-refractivity contribution in [3.63, 3.8) is 0 Å². The molecule has 2 aromatic rings. The van der Waals surface area contributed by atoms with E-state index in [0.717, 1.165) is 28.3 Å². The second-order valence-electron chi connectivity index (χ2n) is 7.69. The zero-order chi connectivity index (χ0) is 21.0. The number of nitrogens with one attached hydrogen (secondary N) is 1. The number of carbonyl (C=O) groups is 1. The molecule has 3 rings (SSSR count). The maximum absolute atomic E-state index is 13.3. The van der Waals surface area contributed by atoms with Crippen molar-refractivity contribution in [1.82, 2.24) is 5.32 Å². The Bertz CT molecular complexity index is 940. The summed E-state index contributed by atoms with van der Waals surface area (Å²) in [5, 5.41) is 12.9. The lowest BCUT2D eigenvalue weighted by Crippen LogP contribution is -2.49. The first-order valence-electron chi connectivity index (χ1n) is 9.91. The molecular formula is C22H28N2O4S. The van der Waals surface area contributed by atoms with E-state index < -0.39 is 22.0 Å². The van der Waals surface area contributed by atoms with Crippen LogP contribution in [0.3, 0.4) is 0 Å². The van der Waals surface area contributed by atoms with Gasteiger partial charge in [0, 0.05) is 0 Å². The summed E-state index contributed by atoms with van der Waals surface area (Å²) in [5.74, 6) is -0.424. The summed E-state index contributed by atoms with van der Waals surface area (Å²) in [4.78, 5) is 12.8. The molecule has 0 heterocycles. The number of aliphatic hydroxyl groups is 1. The van der Waals surface area contributed by atoms with Crippen molar-refractivity contribution in [2.45, 2.75) is 56.6 Å². The van der Waals surface area contributed by atoms with Gasteiger partial charge in [-0.2, -0.15) is 0 Å². The molecule has 0 radical (unpaired) electrons. The Balaban J connectivity index is 1.87. The van der Waals surface area contributed by atoms with Crippen molar-refractivity contribution >= 4 is 21.6 Å². The molecular weight excluding hydrogens is 388 g/mol. The first-order chi connectivity index (χ1) is 13.8. The standard InChI is InChI=1S/C22H28N2O4S/c1-16-7-11-18(12-8-16)24(29(27,28)19-13-9-17(2)10-14-19)15-22(26)23-20-5-3-4-6-21(20)25/h7-14,20-21,25H,3-6,15H2,1-2H3,(H,23,26)/t20-,21-/m1/s1. The average molecular weight is 417 g/mol. The highest BCUT2D eigenvalue weighted by Crippen LogP contribution is 2.25. The number of anilines is 1. The van der Waals surface area contributed by atoms with E-state index in [9.17, 15) is 18.3 Å². The lowest BCUT2D eigenvalue weighted by molar-refractivity contribution is -0.121. The van der Waals surface area contributed by atoms with E-state index in [-0.39, 0.29) is 17.5 Å². The SMILES string of the molecule is Cc1ccc(N(CC(=O)N[C@@H]2CCCC[C@H]2O)S(=O)(=O)c2ccc(C)cc2)cc1. The molecule has 1 aliphatic carbocycles. The predicted molar refractivity (Wildman–Crippen MR) is 113 cm³/mol. The van der Waals surface area contributed by atoms with Gasteiger partial charge in [-0.15, -0.1) is 0 Å². The summed E-state index contributed by atoms with van der Waals surface area (Å²) < 4.78 is 27.8. The van der Waals surface area contributed by atoms with Gasteiger partial charge in [0.15, 0.2) is 0 Å². The van der Waals surface area contributed by atoms with Crippen LogP contribution in [-0.4, -0.2) is 38.1 Å². The Morgan fingerprint density at radius 3 is 2.14 bits per heavy atom. The van der Waals surface area contributed by atoms with Gasteiger partial charge in [-0.1, -0.05) is 48.2 Å². The number of aryl methyl sites for hydroxylation is 2. The summed E-state index contributed by atoms with van der Waals surface area (Å²) in [5.41, 5.74) is 2.38. The first-order valence-corrected chi connectivity index (χ1v) is 11.3. The van der Waals surface area contributed by atoms with Gasteiger partial charge in [0.1, 0.15) is 6.54 Å². The van der Waals surface area contributed by atoms with Crippen LogP contribution in [0.1, 0.15) is 36.8 Å². The largest absolute Gasteiger partial charge is 0.391 e. The van der Waals surface area contributed by atoms with Gasteiger partial charge in [-0.25, -0.2) is 8.42 Å². The van der Waals surface area contributed by atoms with Gasteiger partial charge in [0.25, 0.3) is 10.0 Å². The number of rotatable bonds is 6. The fraction of sp³-hybridized carbons (Fsp3) is 0.409. The van der Waals surface area contributed by atoms with E-state index in [0.29, 0.717) is 18.5 Å². The monoisotopic (exact) mass is 416 g/mol. The van der Waals surface area contributed by atoms with Gasteiger partial charge in [0.2, 0.25) is 5.91 Å². The molecule has 2 atom stereocenters. The van der Waals surface area contributed by atoms with Crippen molar-refractivity contribution in [3.8, 4) is 0 Å². The van der Waals surface area contributed by atoms with E-state index in [2.05, 4.69) is 5.32 Å². The van der Waals surface area contributed by atoms with E-state index in [4.69, 9.17) is 0 Å². The molecule has 0 aromatic heterocycles. The number of hydrogen-bond acceptors (Lipinski definition) is 4. The number of sulfonamides is 1.